The highest BCUT2D eigenvalue weighted by molar-refractivity contribution is 4.43. The third-order valence-electron chi connectivity index (χ3n) is 0.644. The topological polar surface area (TPSA) is 26.0 Å². The van der Waals surface area contributed by atoms with E-state index in [1.165, 1.54) is 0 Å². The van der Waals surface area contributed by atoms with Crippen molar-refractivity contribution in [1.29, 1.82) is 0 Å². The number of hydrogen-bond acceptors (Lipinski definition) is 1. The van der Waals surface area contributed by atoms with Crippen LogP contribution in [-0.2, 0) is 0 Å². The van der Waals surface area contributed by atoms with Gasteiger partial charge >= 0.3 is 0 Å². The van der Waals surface area contributed by atoms with Gasteiger partial charge < -0.3 is 5.73 Å². The molecule has 0 bridgehead atoms. The van der Waals surface area contributed by atoms with Crippen molar-refractivity contribution in [3.05, 3.63) is 0 Å². The maximum absolute atomic E-state index is 5.29. The van der Waals surface area contributed by atoms with Crippen molar-refractivity contribution in [3.63, 3.8) is 0 Å². The van der Waals surface area contributed by atoms with E-state index in [9.17, 15) is 0 Å². The predicted octanol–water partition coefficient (Wildman–Crippen LogP) is 2.80. The average molecular weight is 133 g/mol. The second kappa shape index (κ2) is 24.6. The van der Waals surface area contributed by atoms with E-state index in [1.807, 2.05) is 34.6 Å². The Bertz CT molecular complexity index is 18.5. The first-order valence-corrected chi connectivity index (χ1v) is 4.03. The van der Waals surface area contributed by atoms with Gasteiger partial charge in [-0.25, -0.2) is 0 Å². The molecule has 1 nitrogen and oxygen atoms in total. The van der Waals surface area contributed by atoms with E-state index in [2.05, 4.69) is 6.92 Å². The molecule has 0 aliphatic rings. The van der Waals surface area contributed by atoms with Crippen LogP contribution in [0.5, 0.6) is 0 Å². The summed E-state index contributed by atoms with van der Waals surface area (Å²) in [4.78, 5) is 0. The minimum atomic E-state index is 0.384. The van der Waals surface area contributed by atoms with E-state index in [0.717, 1.165) is 6.42 Å². The molecule has 0 amide bonds. The van der Waals surface area contributed by atoms with Crippen molar-refractivity contribution in [2.75, 3.05) is 0 Å². The van der Waals surface area contributed by atoms with Gasteiger partial charge in [0.05, 0.1) is 0 Å². The van der Waals surface area contributed by atoms with E-state index >= 15 is 0 Å². The van der Waals surface area contributed by atoms with Crippen LogP contribution in [0.1, 0.15) is 48.0 Å². The van der Waals surface area contributed by atoms with Crippen molar-refractivity contribution in [1.82, 2.24) is 0 Å². The Labute approximate surface area is 60.6 Å². The Hall–Kier alpha value is -0.0400. The second-order valence-electron chi connectivity index (χ2n) is 1.39. The first-order valence-electron chi connectivity index (χ1n) is 4.03. The molecule has 1 atom stereocenters. The SMILES string of the molecule is CC.CC.CCC(C)N. The maximum atomic E-state index is 5.29. The fourth-order valence-electron chi connectivity index (χ4n) is 0. The third-order valence-corrected chi connectivity index (χ3v) is 0.644. The molecular weight excluding hydrogens is 110 g/mol. The van der Waals surface area contributed by atoms with Crippen LogP contribution in [0, 0.1) is 0 Å². The zero-order valence-electron chi connectivity index (χ0n) is 7.86. The van der Waals surface area contributed by atoms with Gasteiger partial charge in [-0.05, 0) is 13.3 Å². The first kappa shape index (κ1) is 16.0. The number of hydrogen-bond donors (Lipinski definition) is 1. The summed E-state index contributed by atoms with van der Waals surface area (Å²) in [6.45, 7) is 12.1. The Morgan fingerprint density at radius 2 is 1.22 bits per heavy atom. The highest BCUT2D eigenvalue weighted by Gasteiger charge is 1.79. The number of nitrogens with two attached hydrogens (primary N) is 1. The smallest absolute Gasteiger partial charge is 0.000781 e. The highest BCUT2D eigenvalue weighted by atomic mass is 14.6. The summed E-state index contributed by atoms with van der Waals surface area (Å²) in [5, 5.41) is 0. The molecule has 9 heavy (non-hydrogen) atoms. The molecule has 60 valence electrons. The molecule has 0 heterocycles. The van der Waals surface area contributed by atoms with Gasteiger partial charge in [0.2, 0.25) is 0 Å². The summed E-state index contributed by atoms with van der Waals surface area (Å²) in [7, 11) is 0. The van der Waals surface area contributed by atoms with E-state index in [4.69, 9.17) is 5.73 Å². The van der Waals surface area contributed by atoms with Gasteiger partial charge in [0.15, 0.2) is 0 Å². The Morgan fingerprint density at radius 1 is 1.11 bits per heavy atom. The molecule has 0 saturated carbocycles. The lowest BCUT2D eigenvalue weighted by molar-refractivity contribution is 0.715. The molecule has 0 aromatic heterocycles. The Kier molecular flexibility index (Phi) is 43.7. The molecule has 1 heteroatoms. The van der Waals surface area contributed by atoms with E-state index in [1.54, 1.807) is 0 Å². The van der Waals surface area contributed by atoms with Gasteiger partial charge in [-0.2, -0.15) is 0 Å². The molecule has 0 radical (unpaired) electrons. The monoisotopic (exact) mass is 133 g/mol. The van der Waals surface area contributed by atoms with Crippen LogP contribution < -0.4 is 5.73 Å². The molecule has 0 aromatic carbocycles. The van der Waals surface area contributed by atoms with Crippen LogP contribution in [0.25, 0.3) is 0 Å². The van der Waals surface area contributed by atoms with E-state index in [0.29, 0.717) is 6.04 Å². The lowest BCUT2D eigenvalue weighted by atomic mass is 10.3. The van der Waals surface area contributed by atoms with Crippen LogP contribution >= 0.6 is 0 Å². The van der Waals surface area contributed by atoms with Crippen molar-refractivity contribution in [2.45, 2.75) is 54.0 Å². The third kappa shape index (κ3) is 73.6. The molecule has 0 spiro atoms. The maximum Gasteiger partial charge on any atom is 0.000781 e. The van der Waals surface area contributed by atoms with Gasteiger partial charge in [0.25, 0.3) is 0 Å². The molecule has 1 unspecified atom stereocenters. The quantitative estimate of drug-likeness (QED) is 0.585. The van der Waals surface area contributed by atoms with Crippen LogP contribution in [-0.4, -0.2) is 6.04 Å². The van der Waals surface area contributed by atoms with Crippen LogP contribution in [0.3, 0.4) is 0 Å². The Balaban J connectivity index is -0.0000000771. The van der Waals surface area contributed by atoms with E-state index < -0.39 is 0 Å². The van der Waals surface area contributed by atoms with Gasteiger partial charge in [0, 0.05) is 6.04 Å². The summed E-state index contributed by atoms with van der Waals surface area (Å²) in [6.07, 6.45) is 1.08. The molecule has 0 aliphatic heterocycles. The molecule has 0 rings (SSSR count). The van der Waals surface area contributed by atoms with Gasteiger partial charge in [0.1, 0.15) is 0 Å². The Morgan fingerprint density at radius 3 is 1.22 bits per heavy atom. The fourth-order valence-corrected chi connectivity index (χ4v) is 0. The minimum Gasteiger partial charge on any atom is -0.328 e. The summed E-state index contributed by atoms with van der Waals surface area (Å²) in [6, 6.07) is 0.384. The summed E-state index contributed by atoms with van der Waals surface area (Å²) < 4.78 is 0. The predicted molar refractivity (Wildman–Crippen MR) is 46.6 cm³/mol. The normalized spacial score (nSPS) is 9.67. The molecular formula is C8H23N. The van der Waals surface area contributed by atoms with Gasteiger partial charge in [-0.1, -0.05) is 34.6 Å². The van der Waals surface area contributed by atoms with Crippen LogP contribution in [0.2, 0.25) is 0 Å². The lowest BCUT2D eigenvalue weighted by Crippen LogP contribution is -2.11. The van der Waals surface area contributed by atoms with Crippen LogP contribution in [0.15, 0.2) is 0 Å². The average Bonchev–Trinajstić information content (AvgIpc) is 1.97. The lowest BCUT2D eigenvalue weighted by Gasteiger charge is -1.91. The zero-order chi connectivity index (χ0) is 8.28. The summed E-state index contributed by atoms with van der Waals surface area (Å²) >= 11 is 0. The molecule has 0 fully saturated rings. The van der Waals surface area contributed by atoms with Gasteiger partial charge in [-0.15, -0.1) is 0 Å². The van der Waals surface area contributed by atoms with Crippen molar-refractivity contribution in [2.24, 2.45) is 5.73 Å². The van der Waals surface area contributed by atoms with Crippen molar-refractivity contribution >= 4 is 0 Å². The summed E-state index contributed by atoms with van der Waals surface area (Å²) in [5.41, 5.74) is 5.29. The number of rotatable bonds is 1. The molecule has 2 N–H and O–H groups in total. The van der Waals surface area contributed by atoms with Crippen molar-refractivity contribution in [3.8, 4) is 0 Å². The molecule has 0 saturated heterocycles. The zero-order valence-corrected chi connectivity index (χ0v) is 7.86. The summed E-state index contributed by atoms with van der Waals surface area (Å²) in [5.74, 6) is 0. The first-order chi connectivity index (χ1) is 4.27. The van der Waals surface area contributed by atoms with Crippen LogP contribution in [0.4, 0.5) is 0 Å². The van der Waals surface area contributed by atoms with E-state index in [-0.39, 0.29) is 0 Å². The highest BCUT2D eigenvalue weighted by Crippen LogP contribution is 1.77. The second-order valence-corrected chi connectivity index (χ2v) is 1.39. The fraction of sp³-hybridized carbons (Fsp3) is 1.00. The standard InChI is InChI=1S/C4H11N.2C2H6/c1-3-4(2)5;2*1-2/h4H,3,5H2,1-2H3;2*1-2H3. The molecule has 0 aliphatic carbocycles. The van der Waals surface area contributed by atoms with Gasteiger partial charge in [-0.3, -0.25) is 0 Å². The largest absolute Gasteiger partial charge is 0.328 e. The minimum absolute atomic E-state index is 0.384. The van der Waals surface area contributed by atoms with Crippen molar-refractivity contribution < 1.29 is 0 Å². The molecule has 0 aromatic rings.